The highest BCUT2D eigenvalue weighted by atomic mass is 32.1. The van der Waals surface area contributed by atoms with E-state index in [1.54, 1.807) is 31.8 Å². The van der Waals surface area contributed by atoms with Crippen LogP contribution in [0.15, 0.2) is 23.3 Å². The minimum absolute atomic E-state index is 0.724. The number of aryl methyl sites for hydroxylation is 1. The molecular weight excluding hydrogens is 310 g/mol. The SMILES string of the molecule is COc1ccc(/C=N\Nc2nc3c(s2)CC(C)CC3)c(OC)c1. The molecule has 1 heterocycles. The minimum Gasteiger partial charge on any atom is -0.497 e. The molecule has 2 aromatic rings. The van der Waals surface area contributed by atoms with Gasteiger partial charge in [0.25, 0.3) is 0 Å². The maximum absolute atomic E-state index is 5.36. The van der Waals surface area contributed by atoms with Crippen LogP contribution in [0.2, 0.25) is 0 Å². The third-order valence-corrected chi connectivity index (χ3v) is 5.02. The van der Waals surface area contributed by atoms with Crippen LogP contribution in [0.5, 0.6) is 11.5 Å². The highest BCUT2D eigenvalue weighted by Gasteiger charge is 2.19. The summed E-state index contributed by atoms with van der Waals surface area (Å²) in [4.78, 5) is 6.02. The summed E-state index contributed by atoms with van der Waals surface area (Å²) >= 11 is 1.70. The molecule has 0 spiro atoms. The Morgan fingerprint density at radius 1 is 1.35 bits per heavy atom. The van der Waals surface area contributed by atoms with Crippen LogP contribution in [0.3, 0.4) is 0 Å². The van der Waals surface area contributed by atoms with E-state index in [-0.39, 0.29) is 0 Å². The number of thiazole rings is 1. The first kappa shape index (κ1) is 15.8. The average molecular weight is 331 g/mol. The van der Waals surface area contributed by atoms with E-state index >= 15 is 0 Å². The highest BCUT2D eigenvalue weighted by molar-refractivity contribution is 7.15. The maximum Gasteiger partial charge on any atom is 0.203 e. The number of fused-ring (bicyclic) bond motifs is 1. The Morgan fingerprint density at radius 2 is 2.22 bits per heavy atom. The van der Waals surface area contributed by atoms with Gasteiger partial charge in [0.1, 0.15) is 11.5 Å². The molecule has 1 aromatic heterocycles. The van der Waals surface area contributed by atoms with Gasteiger partial charge in [-0.05, 0) is 37.3 Å². The minimum atomic E-state index is 0.724. The van der Waals surface area contributed by atoms with E-state index in [4.69, 9.17) is 9.47 Å². The molecule has 1 aliphatic carbocycles. The molecule has 122 valence electrons. The van der Waals surface area contributed by atoms with Gasteiger partial charge in [0, 0.05) is 16.5 Å². The topological polar surface area (TPSA) is 55.7 Å². The lowest BCUT2D eigenvalue weighted by Gasteiger charge is -2.15. The van der Waals surface area contributed by atoms with Crippen LogP contribution in [0, 0.1) is 5.92 Å². The normalized spacial score (nSPS) is 17.1. The predicted molar refractivity (Wildman–Crippen MR) is 94.1 cm³/mol. The molecule has 0 amide bonds. The molecule has 1 atom stereocenters. The van der Waals surface area contributed by atoms with Crippen molar-refractivity contribution < 1.29 is 9.47 Å². The summed E-state index contributed by atoms with van der Waals surface area (Å²) in [7, 11) is 3.27. The van der Waals surface area contributed by atoms with Crippen molar-refractivity contribution >= 4 is 22.7 Å². The summed E-state index contributed by atoms with van der Waals surface area (Å²) in [5.41, 5.74) is 5.15. The van der Waals surface area contributed by atoms with Crippen LogP contribution in [0.4, 0.5) is 5.13 Å². The van der Waals surface area contributed by atoms with Gasteiger partial charge in [-0.25, -0.2) is 4.98 Å². The van der Waals surface area contributed by atoms with Crippen LogP contribution < -0.4 is 14.9 Å². The van der Waals surface area contributed by atoms with Crippen molar-refractivity contribution in [2.45, 2.75) is 26.2 Å². The third kappa shape index (κ3) is 3.64. The molecule has 1 aliphatic rings. The fourth-order valence-corrected chi connectivity index (χ4v) is 3.79. The third-order valence-electron chi connectivity index (χ3n) is 3.99. The van der Waals surface area contributed by atoms with E-state index in [1.165, 1.54) is 17.0 Å². The van der Waals surface area contributed by atoms with Gasteiger partial charge < -0.3 is 9.47 Å². The largest absolute Gasteiger partial charge is 0.497 e. The van der Waals surface area contributed by atoms with Gasteiger partial charge in [-0.15, -0.1) is 11.3 Å². The van der Waals surface area contributed by atoms with Crippen LogP contribution in [-0.2, 0) is 12.8 Å². The van der Waals surface area contributed by atoms with E-state index in [0.717, 1.165) is 41.0 Å². The van der Waals surface area contributed by atoms with Gasteiger partial charge in [-0.2, -0.15) is 5.10 Å². The Labute approximate surface area is 140 Å². The predicted octanol–water partition coefficient (Wildman–Crippen LogP) is 3.73. The van der Waals surface area contributed by atoms with Gasteiger partial charge in [-0.1, -0.05) is 6.92 Å². The number of anilines is 1. The second-order valence-electron chi connectivity index (χ2n) is 5.71. The number of rotatable bonds is 5. The Balaban J connectivity index is 1.70. The van der Waals surface area contributed by atoms with Gasteiger partial charge >= 0.3 is 0 Å². The molecule has 0 bridgehead atoms. The molecule has 6 heteroatoms. The molecule has 0 radical (unpaired) electrons. The zero-order valence-corrected chi connectivity index (χ0v) is 14.4. The zero-order chi connectivity index (χ0) is 16.2. The lowest BCUT2D eigenvalue weighted by molar-refractivity contribution is 0.394. The van der Waals surface area contributed by atoms with Crippen molar-refractivity contribution in [3.8, 4) is 11.5 Å². The summed E-state index contributed by atoms with van der Waals surface area (Å²) in [6.45, 7) is 2.30. The monoisotopic (exact) mass is 331 g/mol. The Hall–Kier alpha value is -2.08. The van der Waals surface area contributed by atoms with Crippen molar-refractivity contribution in [1.82, 2.24) is 4.98 Å². The van der Waals surface area contributed by atoms with Crippen molar-refractivity contribution in [2.75, 3.05) is 19.6 Å². The van der Waals surface area contributed by atoms with Crippen LogP contribution in [0.1, 0.15) is 29.5 Å². The van der Waals surface area contributed by atoms with Gasteiger partial charge in [0.15, 0.2) is 0 Å². The molecule has 0 saturated heterocycles. The van der Waals surface area contributed by atoms with Crippen molar-refractivity contribution in [1.29, 1.82) is 0 Å². The Kier molecular flexibility index (Phi) is 4.81. The van der Waals surface area contributed by atoms with Gasteiger partial charge in [-0.3, -0.25) is 5.43 Å². The summed E-state index contributed by atoms with van der Waals surface area (Å²) in [5, 5.41) is 5.15. The molecule has 1 unspecified atom stereocenters. The molecule has 0 fully saturated rings. The smallest absolute Gasteiger partial charge is 0.203 e. The summed E-state index contributed by atoms with van der Waals surface area (Å²) in [5.74, 6) is 2.23. The number of hydrogen-bond donors (Lipinski definition) is 1. The summed E-state index contributed by atoms with van der Waals surface area (Å²) < 4.78 is 10.5. The molecule has 1 aromatic carbocycles. The Morgan fingerprint density at radius 3 is 3.00 bits per heavy atom. The average Bonchev–Trinajstić information content (AvgIpc) is 2.96. The first-order valence-corrected chi connectivity index (χ1v) is 8.51. The van der Waals surface area contributed by atoms with E-state index in [2.05, 4.69) is 22.4 Å². The zero-order valence-electron chi connectivity index (χ0n) is 13.6. The molecule has 0 saturated carbocycles. The molecule has 0 aliphatic heterocycles. The van der Waals surface area contributed by atoms with E-state index in [0.29, 0.717) is 0 Å². The number of nitrogens with zero attached hydrogens (tertiary/aromatic N) is 2. The summed E-state index contributed by atoms with van der Waals surface area (Å²) in [6.07, 6.45) is 5.17. The molecule has 23 heavy (non-hydrogen) atoms. The second kappa shape index (κ2) is 7.00. The molecule has 1 N–H and O–H groups in total. The Bertz CT molecular complexity index is 712. The highest BCUT2D eigenvalue weighted by Crippen LogP contribution is 2.32. The quantitative estimate of drug-likeness (QED) is 0.670. The standard InChI is InChI=1S/C17H21N3O2S/c1-11-4-7-14-16(8-11)23-17(19-14)20-18-10-12-5-6-13(21-2)9-15(12)22-3/h5-6,9-11H,4,7-8H2,1-3H3,(H,19,20)/b18-10-. The summed E-state index contributed by atoms with van der Waals surface area (Å²) in [6, 6.07) is 5.63. The lowest BCUT2D eigenvalue weighted by atomic mass is 9.93. The van der Waals surface area contributed by atoms with E-state index < -0.39 is 0 Å². The lowest BCUT2D eigenvalue weighted by Crippen LogP contribution is -2.09. The fraction of sp³-hybridized carbons (Fsp3) is 0.412. The van der Waals surface area contributed by atoms with Crippen molar-refractivity contribution in [3.05, 3.63) is 34.3 Å². The fourth-order valence-electron chi connectivity index (χ4n) is 2.67. The van der Waals surface area contributed by atoms with Crippen LogP contribution in [-0.4, -0.2) is 25.4 Å². The van der Waals surface area contributed by atoms with E-state index in [9.17, 15) is 0 Å². The maximum atomic E-state index is 5.36. The first-order chi connectivity index (χ1) is 11.2. The first-order valence-electron chi connectivity index (χ1n) is 7.69. The molecular formula is C17H21N3O2S. The number of hydrazone groups is 1. The number of hydrogen-bond acceptors (Lipinski definition) is 6. The van der Waals surface area contributed by atoms with E-state index in [1.807, 2.05) is 18.2 Å². The van der Waals surface area contributed by atoms with Gasteiger partial charge in [0.2, 0.25) is 5.13 Å². The van der Waals surface area contributed by atoms with Crippen molar-refractivity contribution in [3.63, 3.8) is 0 Å². The number of benzene rings is 1. The number of aromatic nitrogens is 1. The van der Waals surface area contributed by atoms with Crippen LogP contribution in [0.25, 0.3) is 0 Å². The molecule has 5 nitrogen and oxygen atoms in total. The van der Waals surface area contributed by atoms with Crippen LogP contribution >= 0.6 is 11.3 Å². The molecule has 3 rings (SSSR count). The number of ether oxygens (including phenoxy) is 2. The van der Waals surface area contributed by atoms with Gasteiger partial charge in [0.05, 0.1) is 26.1 Å². The second-order valence-corrected chi connectivity index (χ2v) is 6.80. The number of nitrogens with one attached hydrogen (secondary N) is 1. The van der Waals surface area contributed by atoms with Crippen molar-refractivity contribution in [2.24, 2.45) is 11.0 Å². The number of methoxy groups -OCH3 is 2.